The van der Waals surface area contributed by atoms with Crippen LogP contribution in [-0.2, 0) is 11.2 Å². The third-order valence-corrected chi connectivity index (χ3v) is 3.90. The normalized spacial score (nSPS) is 10.1. The molecule has 0 radical (unpaired) electrons. The van der Waals surface area contributed by atoms with Gasteiger partial charge in [0.2, 0.25) is 5.91 Å². The van der Waals surface area contributed by atoms with E-state index in [-0.39, 0.29) is 17.9 Å². The van der Waals surface area contributed by atoms with Crippen molar-refractivity contribution in [3.05, 3.63) is 63.9 Å². The highest BCUT2D eigenvalue weighted by Crippen LogP contribution is 2.25. The van der Waals surface area contributed by atoms with E-state index >= 15 is 0 Å². The van der Waals surface area contributed by atoms with Gasteiger partial charge in [0.25, 0.3) is 5.91 Å². The van der Waals surface area contributed by atoms with E-state index in [1.165, 1.54) is 24.3 Å². The van der Waals surface area contributed by atoms with Crippen LogP contribution < -0.4 is 15.6 Å². The van der Waals surface area contributed by atoms with E-state index in [1.807, 2.05) is 18.2 Å². The fourth-order valence-corrected chi connectivity index (χ4v) is 2.57. The van der Waals surface area contributed by atoms with Crippen LogP contribution in [0.1, 0.15) is 22.3 Å². The maximum atomic E-state index is 12.8. The standard InChI is InChI=1S/C17H16BrFN2O3/c1-24-15-8-2-11(10-14(15)18)3-9-16(22)20-21-17(23)12-4-6-13(19)7-5-12/h2,4-8,10H,3,9H2,1H3,(H,20,22)(H,21,23). The van der Waals surface area contributed by atoms with Crippen molar-refractivity contribution in [3.8, 4) is 5.75 Å². The minimum Gasteiger partial charge on any atom is -0.496 e. The summed E-state index contributed by atoms with van der Waals surface area (Å²) in [6.07, 6.45) is 0.726. The molecule has 2 rings (SSSR count). The summed E-state index contributed by atoms with van der Waals surface area (Å²) in [4.78, 5) is 23.6. The van der Waals surface area contributed by atoms with Crippen molar-refractivity contribution in [2.45, 2.75) is 12.8 Å². The lowest BCUT2D eigenvalue weighted by atomic mass is 10.1. The summed E-state index contributed by atoms with van der Waals surface area (Å²) < 4.78 is 18.7. The molecule has 7 heteroatoms. The Bertz CT molecular complexity index is 735. The minimum absolute atomic E-state index is 0.211. The monoisotopic (exact) mass is 394 g/mol. The lowest BCUT2D eigenvalue weighted by molar-refractivity contribution is -0.121. The number of benzene rings is 2. The molecule has 0 heterocycles. The minimum atomic E-state index is -0.504. The van der Waals surface area contributed by atoms with E-state index < -0.39 is 11.7 Å². The fourth-order valence-electron chi connectivity index (χ4n) is 1.99. The van der Waals surface area contributed by atoms with E-state index in [0.717, 1.165) is 15.8 Å². The van der Waals surface area contributed by atoms with Gasteiger partial charge in [-0.1, -0.05) is 6.07 Å². The van der Waals surface area contributed by atoms with Crippen molar-refractivity contribution in [1.82, 2.24) is 10.9 Å². The smallest absolute Gasteiger partial charge is 0.269 e. The van der Waals surface area contributed by atoms with Crippen molar-refractivity contribution in [1.29, 1.82) is 0 Å². The Morgan fingerprint density at radius 2 is 1.83 bits per heavy atom. The Balaban J connectivity index is 1.80. The summed E-state index contributed by atoms with van der Waals surface area (Å²) in [6, 6.07) is 10.6. The summed E-state index contributed by atoms with van der Waals surface area (Å²) in [6.45, 7) is 0. The van der Waals surface area contributed by atoms with Gasteiger partial charge < -0.3 is 4.74 Å². The zero-order chi connectivity index (χ0) is 17.5. The van der Waals surface area contributed by atoms with Gasteiger partial charge in [-0.25, -0.2) is 4.39 Å². The number of aryl methyl sites for hydroxylation is 1. The summed E-state index contributed by atoms with van der Waals surface area (Å²) in [5.74, 6) is -0.538. The molecule has 0 aromatic heterocycles. The molecule has 2 aromatic carbocycles. The van der Waals surface area contributed by atoms with Crippen LogP contribution >= 0.6 is 15.9 Å². The maximum Gasteiger partial charge on any atom is 0.269 e. The number of carbonyl (C=O) groups is 2. The number of nitrogens with one attached hydrogen (secondary N) is 2. The Labute approximate surface area is 147 Å². The highest BCUT2D eigenvalue weighted by atomic mass is 79.9. The Morgan fingerprint density at radius 3 is 2.46 bits per heavy atom. The fraction of sp³-hybridized carbons (Fsp3) is 0.176. The predicted octanol–water partition coefficient (Wildman–Crippen LogP) is 2.99. The number of halogens is 2. The van der Waals surface area contributed by atoms with Gasteiger partial charge in [0, 0.05) is 12.0 Å². The molecular formula is C17H16BrFN2O3. The van der Waals surface area contributed by atoms with Gasteiger partial charge in [0.05, 0.1) is 11.6 Å². The molecule has 0 unspecified atom stereocenters. The molecule has 2 aromatic rings. The lowest BCUT2D eigenvalue weighted by Gasteiger charge is -2.08. The van der Waals surface area contributed by atoms with Gasteiger partial charge in [-0.15, -0.1) is 0 Å². The quantitative estimate of drug-likeness (QED) is 0.765. The van der Waals surface area contributed by atoms with E-state index in [2.05, 4.69) is 26.8 Å². The first kappa shape index (κ1) is 17.9. The molecule has 2 N–H and O–H groups in total. The Morgan fingerprint density at radius 1 is 1.12 bits per heavy atom. The van der Waals surface area contributed by atoms with Gasteiger partial charge in [-0.05, 0) is 64.3 Å². The van der Waals surface area contributed by atoms with Gasteiger partial charge in [-0.3, -0.25) is 20.4 Å². The van der Waals surface area contributed by atoms with Crippen LogP contribution in [-0.4, -0.2) is 18.9 Å². The summed E-state index contributed by atoms with van der Waals surface area (Å²) >= 11 is 3.39. The van der Waals surface area contributed by atoms with E-state index in [9.17, 15) is 14.0 Å². The van der Waals surface area contributed by atoms with Crippen LogP contribution in [0, 0.1) is 5.82 Å². The first-order chi connectivity index (χ1) is 11.5. The van der Waals surface area contributed by atoms with Crippen LogP contribution in [0.5, 0.6) is 5.75 Å². The molecular weight excluding hydrogens is 379 g/mol. The average molecular weight is 395 g/mol. The summed E-state index contributed by atoms with van der Waals surface area (Å²) in [7, 11) is 1.58. The second-order valence-corrected chi connectivity index (χ2v) is 5.83. The number of ether oxygens (including phenoxy) is 1. The molecule has 0 aliphatic rings. The van der Waals surface area contributed by atoms with Crippen LogP contribution in [0.25, 0.3) is 0 Å². The molecule has 2 amide bonds. The molecule has 126 valence electrons. The molecule has 0 atom stereocenters. The number of amides is 2. The van der Waals surface area contributed by atoms with Crippen LogP contribution in [0.2, 0.25) is 0 Å². The summed E-state index contributed by atoms with van der Waals surface area (Å²) in [5, 5.41) is 0. The second-order valence-electron chi connectivity index (χ2n) is 4.98. The number of methoxy groups -OCH3 is 1. The zero-order valence-electron chi connectivity index (χ0n) is 12.9. The molecule has 0 aliphatic carbocycles. The Hall–Kier alpha value is -2.41. The molecule has 24 heavy (non-hydrogen) atoms. The maximum absolute atomic E-state index is 12.8. The second kappa shape index (κ2) is 8.44. The van der Waals surface area contributed by atoms with Crippen LogP contribution in [0.4, 0.5) is 4.39 Å². The van der Waals surface area contributed by atoms with Crippen LogP contribution in [0.3, 0.4) is 0 Å². The van der Waals surface area contributed by atoms with Crippen molar-refractivity contribution in [2.24, 2.45) is 0 Å². The third-order valence-electron chi connectivity index (χ3n) is 3.28. The van der Waals surface area contributed by atoms with E-state index in [0.29, 0.717) is 6.42 Å². The van der Waals surface area contributed by atoms with Gasteiger partial charge >= 0.3 is 0 Å². The highest BCUT2D eigenvalue weighted by molar-refractivity contribution is 9.10. The molecule has 0 aliphatic heterocycles. The number of hydrazine groups is 1. The largest absolute Gasteiger partial charge is 0.496 e. The number of carbonyl (C=O) groups excluding carboxylic acids is 2. The first-order valence-corrected chi connectivity index (χ1v) is 7.96. The molecule has 0 saturated heterocycles. The van der Waals surface area contributed by atoms with Crippen molar-refractivity contribution >= 4 is 27.7 Å². The number of hydrogen-bond acceptors (Lipinski definition) is 3. The van der Waals surface area contributed by atoms with Crippen molar-refractivity contribution in [2.75, 3.05) is 7.11 Å². The number of rotatable bonds is 5. The SMILES string of the molecule is COc1ccc(CCC(=O)NNC(=O)c2ccc(F)cc2)cc1Br. The highest BCUT2D eigenvalue weighted by Gasteiger charge is 2.08. The zero-order valence-corrected chi connectivity index (χ0v) is 14.5. The van der Waals surface area contributed by atoms with Crippen molar-refractivity contribution < 1.29 is 18.7 Å². The number of hydrogen-bond donors (Lipinski definition) is 2. The van der Waals surface area contributed by atoms with Crippen molar-refractivity contribution in [3.63, 3.8) is 0 Å². The van der Waals surface area contributed by atoms with Gasteiger partial charge in [0.15, 0.2) is 0 Å². The average Bonchev–Trinajstić information content (AvgIpc) is 2.58. The van der Waals surface area contributed by atoms with Gasteiger partial charge in [-0.2, -0.15) is 0 Å². The van der Waals surface area contributed by atoms with Gasteiger partial charge in [0.1, 0.15) is 11.6 Å². The Kier molecular flexibility index (Phi) is 6.31. The molecule has 0 spiro atoms. The molecule has 5 nitrogen and oxygen atoms in total. The first-order valence-electron chi connectivity index (χ1n) is 7.17. The van der Waals surface area contributed by atoms with Crippen LogP contribution in [0.15, 0.2) is 46.9 Å². The predicted molar refractivity (Wildman–Crippen MR) is 91.0 cm³/mol. The molecule has 0 bridgehead atoms. The lowest BCUT2D eigenvalue weighted by Crippen LogP contribution is -2.41. The van der Waals surface area contributed by atoms with E-state index in [1.54, 1.807) is 7.11 Å². The summed E-state index contributed by atoms with van der Waals surface area (Å²) in [5.41, 5.74) is 5.85. The van der Waals surface area contributed by atoms with E-state index in [4.69, 9.17) is 4.74 Å². The topological polar surface area (TPSA) is 67.4 Å². The molecule has 0 saturated carbocycles. The molecule has 0 fully saturated rings. The third kappa shape index (κ3) is 5.06.